The van der Waals surface area contributed by atoms with E-state index in [2.05, 4.69) is 28.1 Å². The number of halogens is 2. The molecule has 1 atom stereocenters. The Hall–Kier alpha value is -0.0500. The molecule has 1 aromatic rings. The average Bonchev–Trinajstić information content (AvgIpc) is 2.34. The van der Waals surface area contributed by atoms with Crippen molar-refractivity contribution in [2.45, 2.75) is 43.4 Å². The van der Waals surface area contributed by atoms with Crippen LogP contribution in [-0.4, -0.2) is 11.7 Å². The molecule has 0 amide bonds. The second-order valence-corrected chi connectivity index (χ2v) is 5.84. The summed E-state index contributed by atoms with van der Waals surface area (Å²) in [5.74, 6) is 0. The summed E-state index contributed by atoms with van der Waals surface area (Å²) in [5.41, 5.74) is 1.30. The van der Waals surface area contributed by atoms with Crippen LogP contribution in [0.15, 0.2) is 24.3 Å². The third-order valence-corrected chi connectivity index (χ3v) is 4.09. The van der Waals surface area contributed by atoms with E-state index >= 15 is 0 Å². The van der Waals surface area contributed by atoms with E-state index in [0.717, 1.165) is 24.3 Å². The maximum absolute atomic E-state index is 8.66. The molecule has 0 heterocycles. The molecule has 0 aliphatic carbocycles. The normalized spacial score (nSPS) is 12.6. The van der Waals surface area contributed by atoms with E-state index in [1.54, 1.807) is 0 Å². The number of aliphatic hydroxyl groups excluding tert-OH is 1. The van der Waals surface area contributed by atoms with Gasteiger partial charge in [0.2, 0.25) is 0 Å². The topological polar surface area (TPSA) is 20.2 Å². The van der Waals surface area contributed by atoms with Crippen molar-refractivity contribution >= 4 is 27.5 Å². The zero-order valence-electron chi connectivity index (χ0n) is 10.0. The summed E-state index contributed by atoms with van der Waals surface area (Å²) in [4.78, 5) is 0.428. The Bertz CT molecular complexity index is 300. The van der Waals surface area contributed by atoms with Crippen LogP contribution in [0.5, 0.6) is 0 Å². The van der Waals surface area contributed by atoms with E-state index in [1.165, 1.54) is 24.8 Å². The van der Waals surface area contributed by atoms with Gasteiger partial charge in [-0.25, -0.2) is 0 Å². The van der Waals surface area contributed by atoms with Crippen LogP contribution in [0, 0.1) is 0 Å². The Morgan fingerprint density at radius 1 is 1.00 bits per heavy atom. The Labute approximate surface area is 117 Å². The highest BCUT2D eigenvalue weighted by atomic mass is 79.9. The molecule has 0 saturated carbocycles. The monoisotopic (exact) mass is 318 g/mol. The maximum Gasteiger partial charge on any atom is 0.0431 e. The molecular weight excluding hydrogens is 300 g/mol. The Balaban J connectivity index is 2.16. The highest BCUT2D eigenvalue weighted by Crippen LogP contribution is 2.29. The van der Waals surface area contributed by atoms with Crippen molar-refractivity contribution in [2.24, 2.45) is 0 Å². The third kappa shape index (κ3) is 6.44. The van der Waals surface area contributed by atoms with Crippen molar-refractivity contribution in [3.05, 3.63) is 34.9 Å². The number of unbranched alkanes of at least 4 members (excludes halogenated alkanes) is 4. The minimum absolute atomic E-state index is 0.325. The van der Waals surface area contributed by atoms with Gasteiger partial charge in [-0.2, -0.15) is 0 Å². The number of hydrogen-bond donors (Lipinski definition) is 1. The molecule has 17 heavy (non-hydrogen) atoms. The van der Waals surface area contributed by atoms with Crippen molar-refractivity contribution in [1.82, 2.24) is 0 Å². The van der Waals surface area contributed by atoms with Crippen molar-refractivity contribution in [3.63, 3.8) is 0 Å². The third-order valence-electron chi connectivity index (χ3n) is 2.85. The zero-order valence-corrected chi connectivity index (χ0v) is 12.4. The smallest absolute Gasteiger partial charge is 0.0431 e. The molecule has 0 spiro atoms. The van der Waals surface area contributed by atoms with Gasteiger partial charge in [-0.05, 0) is 30.5 Å². The molecule has 0 aliphatic rings. The highest BCUT2D eigenvalue weighted by molar-refractivity contribution is 9.09. The highest BCUT2D eigenvalue weighted by Gasteiger charge is 2.06. The van der Waals surface area contributed by atoms with Gasteiger partial charge in [-0.1, -0.05) is 65.3 Å². The summed E-state index contributed by atoms with van der Waals surface area (Å²) < 4.78 is 0. The van der Waals surface area contributed by atoms with Crippen LogP contribution in [0.1, 0.15) is 48.9 Å². The summed E-state index contributed by atoms with van der Waals surface area (Å²) in [7, 11) is 0. The number of hydrogen-bond acceptors (Lipinski definition) is 1. The van der Waals surface area contributed by atoms with E-state index in [1.807, 2.05) is 12.1 Å². The Kier molecular flexibility index (Phi) is 7.91. The minimum atomic E-state index is 0.325. The second kappa shape index (κ2) is 8.96. The fraction of sp³-hybridized carbons (Fsp3) is 0.571. The van der Waals surface area contributed by atoms with E-state index in [9.17, 15) is 0 Å². The van der Waals surface area contributed by atoms with Crippen molar-refractivity contribution in [1.29, 1.82) is 0 Å². The van der Waals surface area contributed by atoms with Crippen LogP contribution in [0.3, 0.4) is 0 Å². The predicted octanol–water partition coefficient (Wildman–Crippen LogP) is 5.11. The van der Waals surface area contributed by atoms with E-state index < -0.39 is 0 Å². The van der Waals surface area contributed by atoms with Crippen LogP contribution in [0.4, 0.5) is 0 Å². The van der Waals surface area contributed by atoms with Gasteiger partial charge in [0.15, 0.2) is 0 Å². The molecule has 1 rings (SSSR count). The largest absolute Gasteiger partial charge is 0.396 e. The molecular formula is C14H20BrClO. The maximum atomic E-state index is 8.66. The second-order valence-electron chi connectivity index (χ2n) is 4.30. The number of benzene rings is 1. The molecule has 0 bridgehead atoms. The van der Waals surface area contributed by atoms with Gasteiger partial charge in [0, 0.05) is 16.5 Å². The lowest BCUT2D eigenvalue weighted by molar-refractivity contribution is 0.282. The van der Waals surface area contributed by atoms with Gasteiger partial charge in [-0.3, -0.25) is 0 Å². The first-order valence-electron chi connectivity index (χ1n) is 6.24. The lowest BCUT2D eigenvalue weighted by atomic mass is 10.0. The zero-order chi connectivity index (χ0) is 12.5. The Morgan fingerprint density at radius 2 is 1.59 bits per heavy atom. The van der Waals surface area contributed by atoms with Gasteiger partial charge in [0.25, 0.3) is 0 Å². The molecule has 1 N–H and O–H groups in total. The summed E-state index contributed by atoms with van der Waals surface area (Å²) in [6.45, 7) is 0.325. The number of rotatable bonds is 8. The number of aliphatic hydroxyl groups is 1. The molecule has 1 aromatic carbocycles. The van der Waals surface area contributed by atoms with Gasteiger partial charge >= 0.3 is 0 Å². The average molecular weight is 320 g/mol. The first-order valence-corrected chi connectivity index (χ1v) is 7.54. The lowest BCUT2D eigenvalue weighted by Crippen LogP contribution is -1.90. The van der Waals surface area contributed by atoms with Crippen molar-refractivity contribution < 1.29 is 5.11 Å². The van der Waals surface area contributed by atoms with Crippen LogP contribution < -0.4 is 0 Å². The van der Waals surface area contributed by atoms with E-state index in [4.69, 9.17) is 16.7 Å². The van der Waals surface area contributed by atoms with Gasteiger partial charge in [0.1, 0.15) is 0 Å². The van der Waals surface area contributed by atoms with Gasteiger partial charge < -0.3 is 5.11 Å². The fourth-order valence-corrected chi connectivity index (χ4v) is 2.56. The van der Waals surface area contributed by atoms with Crippen LogP contribution in [0.2, 0.25) is 5.02 Å². The molecule has 1 nitrogen and oxygen atoms in total. The molecule has 3 heteroatoms. The van der Waals surface area contributed by atoms with Gasteiger partial charge in [-0.15, -0.1) is 0 Å². The first-order chi connectivity index (χ1) is 8.24. The number of alkyl halides is 1. The summed E-state index contributed by atoms with van der Waals surface area (Å²) in [6.07, 6.45) is 6.93. The van der Waals surface area contributed by atoms with E-state index in [-0.39, 0.29) is 0 Å². The van der Waals surface area contributed by atoms with Crippen molar-refractivity contribution in [2.75, 3.05) is 6.61 Å². The molecule has 0 fully saturated rings. The fourth-order valence-electron chi connectivity index (χ4n) is 1.80. The summed E-state index contributed by atoms with van der Waals surface area (Å²) >= 11 is 9.57. The standard InChI is InChI=1S/C14H20BrClO/c15-14(6-4-2-1-3-5-11-17)12-7-9-13(16)10-8-12/h7-10,14,17H,1-6,11H2. The lowest BCUT2D eigenvalue weighted by Gasteiger charge is -2.10. The van der Waals surface area contributed by atoms with Crippen LogP contribution in [-0.2, 0) is 0 Å². The molecule has 0 aromatic heterocycles. The molecule has 0 radical (unpaired) electrons. The molecule has 0 aliphatic heterocycles. The first kappa shape index (κ1) is 15.0. The summed E-state index contributed by atoms with van der Waals surface area (Å²) in [6, 6.07) is 8.03. The molecule has 96 valence electrons. The quantitative estimate of drug-likeness (QED) is 0.521. The molecule has 1 unspecified atom stereocenters. The van der Waals surface area contributed by atoms with Crippen LogP contribution >= 0.6 is 27.5 Å². The molecule has 0 saturated heterocycles. The van der Waals surface area contributed by atoms with Crippen molar-refractivity contribution in [3.8, 4) is 0 Å². The Morgan fingerprint density at radius 3 is 2.24 bits per heavy atom. The SMILES string of the molecule is OCCCCCCCC(Br)c1ccc(Cl)cc1. The van der Waals surface area contributed by atoms with Gasteiger partial charge in [0.05, 0.1) is 0 Å². The minimum Gasteiger partial charge on any atom is -0.396 e. The van der Waals surface area contributed by atoms with Crippen LogP contribution in [0.25, 0.3) is 0 Å². The predicted molar refractivity (Wildman–Crippen MR) is 77.9 cm³/mol. The summed E-state index contributed by atoms with van der Waals surface area (Å²) in [5, 5.41) is 9.45. The van der Waals surface area contributed by atoms with E-state index in [0.29, 0.717) is 11.4 Å².